The van der Waals surface area contributed by atoms with Crippen LogP contribution in [0.2, 0.25) is 5.02 Å². The standard InChI is InChI=1S/C15H18ClN3O.C4H8O.C3H8O/c1-4-12-14(18-13(5-2)15(17)19-12)10-7-6-9(20-3)8-11(10)16;1-2-4-5-3-1;1-2-3-4/h6-8H,4-5H2,1-3H3,(H2,17,19);1-4H2;4H,2-3H2,1H3. The van der Waals surface area contributed by atoms with E-state index >= 15 is 0 Å². The molecule has 1 aliphatic rings. The number of methoxy groups -OCH3 is 1. The van der Waals surface area contributed by atoms with Gasteiger partial charge >= 0.3 is 0 Å². The second-order valence-corrected chi connectivity index (χ2v) is 6.85. The Kier molecular flexibility index (Phi) is 12.3. The topological polar surface area (TPSA) is 90.5 Å². The van der Waals surface area contributed by atoms with Crippen LogP contribution in [0, 0.1) is 0 Å². The van der Waals surface area contributed by atoms with Gasteiger partial charge in [-0.15, -0.1) is 0 Å². The highest BCUT2D eigenvalue weighted by molar-refractivity contribution is 6.33. The Labute approximate surface area is 179 Å². The van der Waals surface area contributed by atoms with Crippen molar-refractivity contribution in [3.05, 3.63) is 34.6 Å². The molecule has 7 heteroatoms. The molecule has 3 rings (SSSR count). The Morgan fingerprint density at radius 2 is 1.72 bits per heavy atom. The summed E-state index contributed by atoms with van der Waals surface area (Å²) in [5, 5.41) is 8.47. The number of hydrogen-bond acceptors (Lipinski definition) is 6. The smallest absolute Gasteiger partial charge is 0.145 e. The number of aliphatic hydroxyl groups excluding tert-OH is 1. The number of aliphatic hydroxyl groups is 1. The third kappa shape index (κ3) is 8.17. The van der Waals surface area contributed by atoms with Crippen molar-refractivity contribution in [2.45, 2.75) is 52.9 Å². The predicted octanol–water partition coefficient (Wildman–Crippen LogP) is 4.70. The monoisotopic (exact) mass is 423 g/mol. The molecule has 1 aliphatic heterocycles. The lowest BCUT2D eigenvalue weighted by Crippen LogP contribution is -2.06. The van der Waals surface area contributed by atoms with Gasteiger partial charge in [0.2, 0.25) is 0 Å². The maximum absolute atomic E-state index is 7.88. The number of benzene rings is 1. The highest BCUT2D eigenvalue weighted by Crippen LogP contribution is 2.32. The number of halogens is 1. The molecule has 3 N–H and O–H groups in total. The molecule has 0 saturated carbocycles. The summed E-state index contributed by atoms with van der Waals surface area (Å²) in [4.78, 5) is 9.08. The molecule has 29 heavy (non-hydrogen) atoms. The number of ether oxygens (including phenoxy) is 2. The molecule has 1 saturated heterocycles. The number of anilines is 1. The Morgan fingerprint density at radius 3 is 2.14 bits per heavy atom. The number of rotatable bonds is 5. The highest BCUT2D eigenvalue weighted by Gasteiger charge is 2.14. The van der Waals surface area contributed by atoms with Crippen LogP contribution in [0.25, 0.3) is 11.3 Å². The van der Waals surface area contributed by atoms with Gasteiger partial charge in [-0.25, -0.2) is 9.97 Å². The SMILES string of the molecule is C1CCOC1.CCCO.CCc1nc(-c2ccc(OC)cc2Cl)c(CC)nc1N. The van der Waals surface area contributed by atoms with Gasteiger partial charge in [0.05, 0.1) is 29.2 Å². The van der Waals surface area contributed by atoms with Gasteiger partial charge in [0.15, 0.2) is 0 Å². The van der Waals surface area contributed by atoms with Crippen molar-refractivity contribution in [2.75, 3.05) is 32.7 Å². The first-order valence-electron chi connectivity index (χ1n) is 10.2. The third-order valence-electron chi connectivity index (χ3n) is 4.22. The van der Waals surface area contributed by atoms with E-state index in [1.165, 1.54) is 12.8 Å². The lowest BCUT2D eigenvalue weighted by molar-refractivity contribution is 0.198. The van der Waals surface area contributed by atoms with Gasteiger partial charge in [-0.05, 0) is 50.3 Å². The molecule has 6 nitrogen and oxygen atoms in total. The molecule has 1 fully saturated rings. The molecule has 1 aromatic heterocycles. The van der Waals surface area contributed by atoms with Crippen LogP contribution in [-0.4, -0.2) is 42.0 Å². The number of aryl methyl sites for hydroxylation is 2. The Balaban J connectivity index is 0.000000386. The fourth-order valence-electron chi connectivity index (χ4n) is 2.57. The van der Waals surface area contributed by atoms with E-state index in [0.29, 0.717) is 17.4 Å². The van der Waals surface area contributed by atoms with E-state index in [1.54, 1.807) is 13.2 Å². The van der Waals surface area contributed by atoms with Crippen LogP contribution in [-0.2, 0) is 17.6 Å². The number of hydrogen-bond donors (Lipinski definition) is 2. The molecule has 2 aromatic rings. The summed E-state index contributed by atoms with van der Waals surface area (Å²) in [6.45, 7) is 8.28. The maximum Gasteiger partial charge on any atom is 0.145 e. The van der Waals surface area contributed by atoms with Gasteiger partial charge in [-0.1, -0.05) is 32.4 Å². The lowest BCUT2D eigenvalue weighted by atomic mass is 10.1. The Bertz CT molecular complexity index is 728. The lowest BCUT2D eigenvalue weighted by Gasteiger charge is -2.12. The molecule has 0 aliphatic carbocycles. The zero-order chi connectivity index (χ0) is 21.6. The van der Waals surface area contributed by atoms with Crippen molar-refractivity contribution in [3.63, 3.8) is 0 Å². The summed E-state index contributed by atoms with van der Waals surface area (Å²) in [7, 11) is 1.61. The van der Waals surface area contributed by atoms with Gasteiger partial charge in [0.1, 0.15) is 11.6 Å². The zero-order valence-electron chi connectivity index (χ0n) is 18.0. The van der Waals surface area contributed by atoms with Crippen molar-refractivity contribution >= 4 is 17.4 Å². The summed E-state index contributed by atoms with van der Waals surface area (Å²) >= 11 is 6.33. The molecular formula is C22H34ClN3O3. The van der Waals surface area contributed by atoms with Crippen molar-refractivity contribution in [1.82, 2.24) is 9.97 Å². The van der Waals surface area contributed by atoms with Crippen molar-refractivity contribution in [3.8, 4) is 17.0 Å². The second-order valence-electron chi connectivity index (χ2n) is 6.45. The summed E-state index contributed by atoms with van der Waals surface area (Å²) in [5.74, 6) is 1.22. The average Bonchev–Trinajstić information content (AvgIpc) is 3.34. The molecule has 0 spiro atoms. The fourth-order valence-corrected chi connectivity index (χ4v) is 2.83. The molecule has 1 aromatic carbocycles. The average molecular weight is 424 g/mol. The molecule has 0 amide bonds. The summed E-state index contributed by atoms with van der Waals surface area (Å²) in [6, 6.07) is 5.55. The number of nitrogen functional groups attached to an aromatic ring is 1. The first kappa shape index (κ1) is 25.1. The predicted molar refractivity (Wildman–Crippen MR) is 120 cm³/mol. The van der Waals surface area contributed by atoms with E-state index in [-0.39, 0.29) is 0 Å². The quantitative estimate of drug-likeness (QED) is 0.724. The summed E-state index contributed by atoms with van der Waals surface area (Å²) < 4.78 is 10.1. The van der Waals surface area contributed by atoms with E-state index in [1.807, 2.05) is 32.9 Å². The van der Waals surface area contributed by atoms with Crippen molar-refractivity contribution in [2.24, 2.45) is 0 Å². The van der Waals surface area contributed by atoms with Crippen LogP contribution in [0.15, 0.2) is 18.2 Å². The molecule has 162 valence electrons. The Hall–Kier alpha value is -1.89. The molecule has 0 radical (unpaired) electrons. The number of aromatic nitrogens is 2. The first-order valence-corrected chi connectivity index (χ1v) is 10.6. The minimum Gasteiger partial charge on any atom is -0.497 e. The van der Waals surface area contributed by atoms with Gasteiger partial charge < -0.3 is 20.3 Å². The van der Waals surface area contributed by atoms with Gasteiger partial charge in [0, 0.05) is 25.4 Å². The normalized spacial score (nSPS) is 12.5. The minimum absolute atomic E-state index is 0.319. The fraction of sp³-hybridized carbons (Fsp3) is 0.545. The summed E-state index contributed by atoms with van der Waals surface area (Å²) in [6.07, 6.45) is 4.92. The van der Waals surface area contributed by atoms with Crippen LogP contribution in [0.5, 0.6) is 5.75 Å². The maximum atomic E-state index is 7.88. The van der Waals surface area contributed by atoms with E-state index < -0.39 is 0 Å². The summed E-state index contributed by atoms with van der Waals surface area (Å²) in [5.41, 5.74) is 9.21. The van der Waals surface area contributed by atoms with E-state index in [0.717, 1.165) is 60.9 Å². The molecular weight excluding hydrogens is 390 g/mol. The van der Waals surface area contributed by atoms with Crippen molar-refractivity contribution < 1.29 is 14.6 Å². The minimum atomic E-state index is 0.319. The zero-order valence-corrected chi connectivity index (χ0v) is 18.8. The van der Waals surface area contributed by atoms with Gasteiger partial charge in [-0.2, -0.15) is 0 Å². The Morgan fingerprint density at radius 1 is 1.10 bits per heavy atom. The van der Waals surface area contributed by atoms with E-state index in [2.05, 4.69) is 9.97 Å². The van der Waals surface area contributed by atoms with Crippen molar-refractivity contribution in [1.29, 1.82) is 0 Å². The second kappa shape index (κ2) is 14.1. The van der Waals surface area contributed by atoms with Crippen LogP contribution >= 0.6 is 11.6 Å². The largest absolute Gasteiger partial charge is 0.497 e. The molecule has 0 unspecified atom stereocenters. The highest BCUT2D eigenvalue weighted by atomic mass is 35.5. The van der Waals surface area contributed by atoms with E-state index in [4.69, 9.17) is 31.9 Å². The molecule has 0 bridgehead atoms. The number of nitrogens with zero attached hydrogens (tertiary/aromatic N) is 2. The van der Waals surface area contributed by atoms with Gasteiger partial charge in [0.25, 0.3) is 0 Å². The van der Waals surface area contributed by atoms with Gasteiger partial charge in [-0.3, -0.25) is 0 Å². The number of nitrogens with two attached hydrogens (primary N) is 1. The van der Waals surface area contributed by atoms with Crippen LogP contribution in [0.3, 0.4) is 0 Å². The first-order chi connectivity index (χ1) is 14.0. The molecule has 0 atom stereocenters. The molecule has 2 heterocycles. The van der Waals surface area contributed by atoms with Crippen LogP contribution < -0.4 is 10.5 Å². The third-order valence-corrected chi connectivity index (χ3v) is 4.54. The van der Waals surface area contributed by atoms with E-state index in [9.17, 15) is 0 Å². The van der Waals surface area contributed by atoms with Crippen LogP contribution in [0.4, 0.5) is 5.82 Å². The van der Waals surface area contributed by atoms with Crippen LogP contribution in [0.1, 0.15) is 51.4 Å².